The van der Waals surface area contributed by atoms with Crippen LogP contribution in [0.25, 0.3) is 0 Å². The Balaban J connectivity index is 1.48. The van der Waals surface area contributed by atoms with Gasteiger partial charge in [-0.3, -0.25) is 4.99 Å². The second kappa shape index (κ2) is 11.4. The van der Waals surface area contributed by atoms with Crippen molar-refractivity contribution in [2.24, 2.45) is 16.3 Å². The molecule has 0 amide bonds. The van der Waals surface area contributed by atoms with Gasteiger partial charge in [-0.25, -0.2) is 13.2 Å². The lowest BCUT2D eigenvalue weighted by Gasteiger charge is -2.47. The summed E-state index contributed by atoms with van der Waals surface area (Å²) >= 11 is 0. The highest BCUT2D eigenvalue weighted by Gasteiger charge is 2.47. The number of amidine groups is 1. The lowest BCUT2D eigenvalue weighted by Crippen LogP contribution is -2.49. The fourth-order valence-electron chi connectivity index (χ4n) is 7.62. The van der Waals surface area contributed by atoms with Crippen LogP contribution in [0.3, 0.4) is 0 Å². The second-order valence-corrected chi connectivity index (χ2v) is 13.2. The first-order valence-corrected chi connectivity index (χ1v) is 16.0. The maximum Gasteiger partial charge on any atom is 0.278 e. The topological polar surface area (TPSA) is 57.9 Å². The molecule has 0 aromatic heterocycles. The standard InChI is InChI=1S/C35H43F3N6/c1-22-10-6-7-17-44-25(4)41-32(28-20-30(24(3)42(5)33(28)44)34(21-39)15-9-16-34)40-23(2)27-11-8-12-29(31(27)36)35(37,38)26-13-18-43(22)19-14-26/h8,11-12,20,22-23,26H,3-4,6-7,9-10,13-19H2,1-2,5H3,(H,40,41)/t22?,23-/m1/s1. The smallest absolute Gasteiger partial charge is 0.278 e. The third-order valence-corrected chi connectivity index (χ3v) is 10.7. The minimum Gasteiger partial charge on any atom is -0.330 e. The van der Waals surface area contributed by atoms with Crippen LogP contribution in [0.4, 0.5) is 13.2 Å². The summed E-state index contributed by atoms with van der Waals surface area (Å²) in [4.78, 5) is 11.4. The van der Waals surface area contributed by atoms with Gasteiger partial charge in [0.15, 0.2) is 0 Å². The maximum absolute atomic E-state index is 16.1. The average Bonchev–Trinajstić information content (AvgIpc) is 2.98. The highest BCUT2D eigenvalue weighted by atomic mass is 19.3. The third kappa shape index (κ3) is 4.95. The van der Waals surface area contributed by atoms with Gasteiger partial charge in [0.25, 0.3) is 5.92 Å². The Morgan fingerprint density at radius 2 is 1.77 bits per heavy atom. The zero-order valence-electron chi connectivity index (χ0n) is 26.1. The van der Waals surface area contributed by atoms with Crippen LogP contribution in [0.15, 0.2) is 70.9 Å². The molecule has 6 nitrogen and oxygen atoms in total. The predicted octanol–water partition coefficient (Wildman–Crippen LogP) is 7.33. The molecule has 7 aliphatic heterocycles. The summed E-state index contributed by atoms with van der Waals surface area (Å²) in [5, 5.41) is 13.6. The number of nitrogens with one attached hydrogen (secondary N) is 1. The van der Waals surface area contributed by atoms with E-state index in [1.807, 2.05) is 18.0 Å². The number of nitrogens with zero attached hydrogens (tertiary/aromatic N) is 5. The molecule has 0 spiro atoms. The molecule has 0 radical (unpaired) electrons. The van der Waals surface area contributed by atoms with Crippen molar-refractivity contribution < 1.29 is 13.2 Å². The van der Waals surface area contributed by atoms with E-state index in [0.29, 0.717) is 37.6 Å². The molecule has 44 heavy (non-hydrogen) atoms. The summed E-state index contributed by atoms with van der Waals surface area (Å²) in [5.41, 5.74) is 1.38. The molecule has 8 aliphatic rings. The van der Waals surface area contributed by atoms with E-state index in [0.717, 1.165) is 67.7 Å². The molecular formula is C35H43F3N6. The van der Waals surface area contributed by atoms with Crippen LogP contribution in [0, 0.1) is 28.5 Å². The molecule has 1 saturated carbocycles. The molecule has 1 aromatic carbocycles. The molecule has 9 rings (SSSR count). The second-order valence-electron chi connectivity index (χ2n) is 13.2. The summed E-state index contributed by atoms with van der Waals surface area (Å²) in [6.45, 7) is 14.5. The first-order valence-electron chi connectivity index (χ1n) is 16.0. The molecule has 1 saturated heterocycles. The Morgan fingerprint density at radius 3 is 2.43 bits per heavy atom. The normalized spacial score (nSPS) is 30.2. The third-order valence-electron chi connectivity index (χ3n) is 10.7. The fourth-order valence-corrected chi connectivity index (χ4v) is 7.62. The molecule has 9 heteroatoms. The average molecular weight is 605 g/mol. The van der Waals surface area contributed by atoms with Crippen LogP contribution < -0.4 is 5.32 Å². The Morgan fingerprint density at radius 1 is 1.05 bits per heavy atom. The molecule has 7 heterocycles. The van der Waals surface area contributed by atoms with Crippen molar-refractivity contribution in [1.82, 2.24) is 20.0 Å². The van der Waals surface area contributed by atoms with E-state index in [4.69, 9.17) is 4.99 Å². The Labute approximate surface area is 259 Å². The number of piperidine rings is 1. The van der Waals surface area contributed by atoms with Gasteiger partial charge in [0.2, 0.25) is 0 Å². The number of benzene rings is 1. The fraction of sp³-hybridized carbons (Fsp3) is 0.543. The molecular weight excluding hydrogens is 561 g/mol. The number of nitriles is 1. The van der Waals surface area contributed by atoms with Crippen molar-refractivity contribution in [3.05, 3.63) is 82.9 Å². The van der Waals surface area contributed by atoms with Crippen LogP contribution >= 0.6 is 0 Å². The van der Waals surface area contributed by atoms with Gasteiger partial charge in [0.05, 0.1) is 28.7 Å². The summed E-state index contributed by atoms with van der Waals surface area (Å²) in [7, 11) is 1.95. The molecule has 2 atom stereocenters. The van der Waals surface area contributed by atoms with E-state index in [-0.39, 0.29) is 11.6 Å². The van der Waals surface area contributed by atoms with Crippen molar-refractivity contribution in [1.29, 1.82) is 5.26 Å². The Bertz CT molecular complexity index is 1490. The molecule has 1 unspecified atom stereocenters. The van der Waals surface area contributed by atoms with Gasteiger partial charge in [-0.15, -0.1) is 0 Å². The van der Waals surface area contributed by atoms with Crippen molar-refractivity contribution in [3.8, 4) is 6.07 Å². The first kappa shape index (κ1) is 30.5. The zero-order chi connectivity index (χ0) is 31.4. The Kier molecular flexibility index (Phi) is 7.94. The van der Waals surface area contributed by atoms with Crippen molar-refractivity contribution in [2.75, 3.05) is 26.7 Å². The van der Waals surface area contributed by atoms with E-state index in [1.165, 1.54) is 12.1 Å². The number of rotatable bonds is 1. The number of halogens is 3. The molecule has 6 bridgehead atoms. The molecule has 1 N–H and O–H groups in total. The Hall–Kier alpha value is -3.51. The lowest BCUT2D eigenvalue weighted by molar-refractivity contribution is -0.0907. The van der Waals surface area contributed by atoms with Crippen molar-refractivity contribution in [3.63, 3.8) is 0 Å². The van der Waals surface area contributed by atoms with Gasteiger partial charge in [-0.1, -0.05) is 37.8 Å². The first-order chi connectivity index (χ1) is 21.0. The largest absolute Gasteiger partial charge is 0.330 e. The number of hydrogen-bond acceptors (Lipinski definition) is 6. The molecule has 1 aromatic rings. The number of allylic oxidation sites excluding steroid dienone is 1. The molecule has 234 valence electrons. The molecule has 1 aliphatic carbocycles. The summed E-state index contributed by atoms with van der Waals surface area (Å²) in [6, 6.07) is 6.35. The number of hydrogen-bond donors (Lipinski definition) is 1. The van der Waals surface area contributed by atoms with E-state index in [1.54, 1.807) is 13.0 Å². The quantitative estimate of drug-likeness (QED) is 0.364. The zero-order valence-corrected chi connectivity index (χ0v) is 26.1. The van der Waals surface area contributed by atoms with Gasteiger partial charge in [-0.05, 0) is 83.5 Å². The maximum atomic E-state index is 16.1. The van der Waals surface area contributed by atoms with Gasteiger partial charge >= 0.3 is 0 Å². The van der Waals surface area contributed by atoms with E-state index >= 15 is 13.2 Å². The predicted molar refractivity (Wildman–Crippen MR) is 167 cm³/mol. The van der Waals surface area contributed by atoms with E-state index in [2.05, 4.69) is 41.3 Å². The lowest BCUT2D eigenvalue weighted by atomic mass is 9.63. The number of alkyl halides is 2. The highest BCUT2D eigenvalue weighted by molar-refractivity contribution is 6.04. The van der Waals surface area contributed by atoms with Crippen LogP contribution in [0.2, 0.25) is 0 Å². The van der Waals surface area contributed by atoms with Crippen molar-refractivity contribution in [2.45, 2.75) is 83.2 Å². The minimum absolute atomic E-state index is 0.126. The van der Waals surface area contributed by atoms with Crippen LogP contribution in [0.5, 0.6) is 0 Å². The van der Waals surface area contributed by atoms with Gasteiger partial charge in [0.1, 0.15) is 23.3 Å². The highest BCUT2D eigenvalue weighted by Crippen LogP contribution is 2.52. The molecule has 2 fully saturated rings. The van der Waals surface area contributed by atoms with Crippen LogP contribution in [-0.2, 0) is 5.92 Å². The monoisotopic (exact) mass is 604 g/mol. The SMILES string of the molecule is C=C1C(C2(C#N)CCC2)=CC2=C(N1C)N1CCCCC(C)N3CCC(CC3)C(F)(F)c3cccc(c3F)[C@@H](C)N=C2NC1=C. The van der Waals surface area contributed by atoms with Gasteiger partial charge in [0, 0.05) is 36.8 Å². The van der Waals surface area contributed by atoms with Crippen LogP contribution in [-0.4, -0.2) is 53.3 Å². The van der Waals surface area contributed by atoms with Gasteiger partial charge < -0.3 is 20.0 Å². The van der Waals surface area contributed by atoms with Crippen LogP contribution in [0.1, 0.15) is 82.4 Å². The van der Waals surface area contributed by atoms with E-state index < -0.39 is 34.7 Å². The summed E-state index contributed by atoms with van der Waals surface area (Å²) in [5.74, 6) is -3.11. The summed E-state index contributed by atoms with van der Waals surface area (Å²) < 4.78 is 47.9. The minimum atomic E-state index is -3.28. The number of likely N-dealkylation sites (N-methyl/N-ethyl adjacent to an activating group) is 1. The van der Waals surface area contributed by atoms with Crippen molar-refractivity contribution >= 4 is 5.84 Å². The van der Waals surface area contributed by atoms with Gasteiger partial charge in [-0.2, -0.15) is 5.26 Å². The summed E-state index contributed by atoms with van der Waals surface area (Å²) in [6.07, 6.45) is 8.03. The number of aliphatic imine (C=N–C) groups is 1. The van der Waals surface area contributed by atoms with E-state index in [9.17, 15) is 5.26 Å².